The number of carbonyl (C=O) groups is 2. The van der Waals surface area contributed by atoms with Crippen molar-refractivity contribution in [1.29, 1.82) is 0 Å². The van der Waals surface area contributed by atoms with Crippen LogP contribution in [0.4, 0.5) is 11.5 Å². The second kappa shape index (κ2) is 11.7. The number of aromatic nitrogens is 3. The fraction of sp³-hybridized carbons (Fsp3) is 0.276. The number of hydrogen-bond donors (Lipinski definition) is 3. The number of amides is 2. The number of nitrogens with one attached hydrogen (secondary N) is 3. The van der Waals surface area contributed by atoms with Crippen LogP contribution in [0.3, 0.4) is 0 Å². The Balaban J connectivity index is 1.57. The van der Waals surface area contributed by atoms with Crippen molar-refractivity contribution in [2.24, 2.45) is 5.41 Å². The molecule has 2 aromatic heterocycles. The molecule has 2 amide bonds. The van der Waals surface area contributed by atoms with Gasteiger partial charge in [0.05, 0.1) is 29.4 Å². The first-order valence-electron chi connectivity index (χ1n) is 12.4. The Hall–Kier alpha value is -4.24. The first-order valence-corrected chi connectivity index (χ1v) is 12.8. The summed E-state index contributed by atoms with van der Waals surface area (Å²) in [6, 6.07) is 12.3. The maximum atomic E-state index is 13.2. The van der Waals surface area contributed by atoms with E-state index in [2.05, 4.69) is 25.9 Å². The maximum absolute atomic E-state index is 13.2. The first kappa shape index (κ1) is 27.8. The smallest absolute Gasteiger partial charge is 0.257 e. The van der Waals surface area contributed by atoms with Gasteiger partial charge in [-0.2, -0.15) is 0 Å². The molecule has 0 fully saturated rings. The van der Waals surface area contributed by atoms with Gasteiger partial charge in [-0.3, -0.25) is 14.6 Å². The SMILES string of the molecule is CNc1nc(-c2cncc(OC)c2)nc2cc(NC(=O)c3cc(CNC(=O)CC(C)(C)C)ccc3Cl)ccc12. The van der Waals surface area contributed by atoms with E-state index < -0.39 is 0 Å². The third-order valence-corrected chi connectivity index (χ3v) is 6.18. The average Bonchev–Trinajstić information content (AvgIpc) is 2.90. The van der Waals surface area contributed by atoms with Crippen LogP contribution in [0.5, 0.6) is 5.75 Å². The van der Waals surface area contributed by atoms with Gasteiger partial charge >= 0.3 is 0 Å². The molecule has 9 nitrogen and oxygen atoms in total. The Bertz CT molecular complexity index is 1530. The van der Waals surface area contributed by atoms with Gasteiger partial charge in [0.2, 0.25) is 5.91 Å². The molecule has 4 rings (SSSR count). The normalized spacial score (nSPS) is 11.2. The molecule has 202 valence electrons. The molecule has 39 heavy (non-hydrogen) atoms. The van der Waals surface area contributed by atoms with Crippen LogP contribution in [-0.4, -0.2) is 40.9 Å². The third-order valence-electron chi connectivity index (χ3n) is 5.85. The Kier molecular flexibility index (Phi) is 8.30. The van der Waals surface area contributed by atoms with Crippen molar-refractivity contribution in [1.82, 2.24) is 20.3 Å². The van der Waals surface area contributed by atoms with E-state index in [9.17, 15) is 9.59 Å². The van der Waals surface area contributed by atoms with Crippen LogP contribution in [0.2, 0.25) is 5.02 Å². The van der Waals surface area contributed by atoms with E-state index in [1.807, 2.05) is 26.8 Å². The molecular formula is C29H31ClN6O3. The fourth-order valence-corrected chi connectivity index (χ4v) is 4.18. The highest BCUT2D eigenvalue weighted by molar-refractivity contribution is 6.34. The highest BCUT2D eigenvalue weighted by Gasteiger charge is 2.17. The molecule has 2 aromatic carbocycles. The molecule has 0 unspecified atom stereocenters. The summed E-state index contributed by atoms with van der Waals surface area (Å²) in [5.41, 5.74) is 2.84. The second-order valence-corrected chi connectivity index (χ2v) is 10.7. The maximum Gasteiger partial charge on any atom is 0.257 e. The van der Waals surface area contributed by atoms with Crippen molar-refractivity contribution in [2.45, 2.75) is 33.7 Å². The molecular weight excluding hydrogens is 516 g/mol. The van der Waals surface area contributed by atoms with Crippen molar-refractivity contribution in [3.05, 3.63) is 71.0 Å². The summed E-state index contributed by atoms with van der Waals surface area (Å²) in [7, 11) is 3.35. The first-order chi connectivity index (χ1) is 18.6. The summed E-state index contributed by atoms with van der Waals surface area (Å²) in [6.45, 7) is 6.32. The summed E-state index contributed by atoms with van der Waals surface area (Å²) in [6.07, 6.45) is 3.68. The Morgan fingerprint density at radius 1 is 1.03 bits per heavy atom. The number of methoxy groups -OCH3 is 1. The quantitative estimate of drug-likeness (QED) is 0.259. The minimum atomic E-state index is -0.373. The zero-order valence-electron chi connectivity index (χ0n) is 22.6. The van der Waals surface area contributed by atoms with Gasteiger partial charge in [-0.25, -0.2) is 9.97 Å². The van der Waals surface area contributed by atoms with Gasteiger partial charge in [0, 0.05) is 42.8 Å². The molecule has 2 heterocycles. The van der Waals surface area contributed by atoms with Crippen molar-refractivity contribution >= 4 is 45.8 Å². The number of benzene rings is 2. The number of ether oxygens (including phenoxy) is 1. The number of rotatable bonds is 8. The molecule has 4 aromatic rings. The number of pyridine rings is 1. The van der Waals surface area contributed by atoms with Gasteiger partial charge < -0.3 is 20.7 Å². The summed E-state index contributed by atoms with van der Waals surface area (Å²) in [5.74, 6) is 1.27. The van der Waals surface area contributed by atoms with Crippen LogP contribution in [0.25, 0.3) is 22.3 Å². The van der Waals surface area contributed by atoms with Crippen LogP contribution in [-0.2, 0) is 11.3 Å². The molecule has 0 radical (unpaired) electrons. The van der Waals surface area contributed by atoms with E-state index in [1.165, 1.54) is 0 Å². The second-order valence-electron chi connectivity index (χ2n) is 10.3. The van der Waals surface area contributed by atoms with Crippen molar-refractivity contribution in [2.75, 3.05) is 24.8 Å². The molecule has 0 aliphatic carbocycles. The van der Waals surface area contributed by atoms with Crippen LogP contribution in [0, 0.1) is 5.41 Å². The lowest BCUT2D eigenvalue weighted by atomic mass is 9.92. The zero-order valence-corrected chi connectivity index (χ0v) is 23.3. The van der Waals surface area contributed by atoms with Gasteiger partial charge in [0.15, 0.2) is 5.82 Å². The summed E-state index contributed by atoms with van der Waals surface area (Å²) >= 11 is 6.36. The molecule has 10 heteroatoms. The minimum absolute atomic E-state index is 0.0494. The number of carbonyl (C=O) groups excluding carboxylic acids is 2. The highest BCUT2D eigenvalue weighted by atomic mass is 35.5. The molecule has 0 aliphatic rings. The Morgan fingerprint density at radius 2 is 1.82 bits per heavy atom. The van der Waals surface area contributed by atoms with E-state index in [4.69, 9.17) is 21.3 Å². The standard InChI is InChI=1S/C29H31ClN6O3/c1-29(2,3)13-25(37)33-14-17-6-9-23(30)22(10-17)28(38)34-19-7-8-21-24(12-19)35-26(36-27(21)31-4)18-11-20(39-5)16-32-15-18/h6-12,15-16H,13-14H2,1-5H3,(H,33,37)(H,34,38)(H,31,35,36). The van der Waals surface area contributed by atoms with E-state index in [-0.39, 0.29) is 17.2 Å². The molecule has 0 spiro atoms. The van der Waals surface area contributed by atoms with E-state index >= 15 is 0 Å². The van der Waals surface area contributed by atoms with E-state index in [1.54, 1.807) is 62.9 Å². The number of hydrogen-bond acceptors (Lipinski definition) is 7. The lowest BCUT2D eigenvalue weighted by Gasteiger charge is -2.17. The molecule has 0 bridgehead atoms. The van der Waals surface area contributed by atoms with Gasteiger partial charge in [0.25, 0.3) is 5.91 Å². The van der Waals surface area contributed by atoms with Crippen molar-refractivity contribution in [3.8, 4) is 17.1 Å². The third kappa shape index (κ3) is 7.00. The number of halogens is 1. The molecule has 0 atom stereocenters. The summed E-state index contributed by atoms with van der Waals surface area (Å²) < 4.78 is 5.28. The fourth-order valence-electron chi connectivity index (χ4n) is 3.98. The van der Waals surface area contributed by atoms with Gasteiger partial charge in [-0.1, -0.05) is 38.4 Å². The summed E-state index contributed by atoms with van der Waals surface area (Å²) in [5, 5.41) is 10.0. The zero-order chi connectivity index (χ0) is 28.2. The number of nitrogens with zero attached hydrogens (tertiary/aromatic N) is 3. The average molecular weight is 547 g/mol. The largest absolute Gasteiger partial charge is 0.495 e. The molecule has 0 saturated heterocycles. The van der Waals surface area contributed by atoms with E-state index in [0.717, 1.165) is 10.9 Å². The molecule has 3 N–H and O–H groups in total. The summed E-state index contributed by atoms with van der Waals surface area (Å²) in [4.78, 5) is 38.9. The van der Waals surface area contributed by atoms with Crippen molar-refractivity contribution < 1.29 is 14.3 Å². The van der Waals surface area contributed by atoms with Gasteiger partial charge in [-0.05, 0) is 47.4 Å². The van der Waals surface area contributed by atoms with Crippen LogP contribution >= 0.6 is 11.6 Å². The molecule has 0 saturated carbocycles. The van der Waals surface area contributed by atoms with E-state index in [0.29, 0.717) is 57.7 Å². The van der Waals surface area contributed by atoms with Gasteiger partial charge in [-0.15, -0.1) is 0 Å². The van der Waals surface area contributed by atoms with Crippen molar-refractivity contribution in [3.63, 3.8) is 0 Å². The Labute approximate surface area is 232 Å². The molecule has 0 aliphatic heterocycles. The predicted molar refractivity (Wildman–Crippen MR) is 154 cm³/mol. The number of anilines is 2. The van der Waals surface area contributed by atoms with Crippen LogP contribution < -0.4 is 20.7 Å². The predicted octanol–water partition coefficient (Wildman–Crippen LogP) is 5.70. The minimum Gasteiger partial charge on any atom is -0.495 e. The van der Waals surface area contributed by atoms with Crippen LogP contribution in [0.1, 0.15) is 43.1 Å². The lowest BCUT2D eigenvalue weighted by molar-refractivity contribution is -0.122. The number of fused-ring (bicyclic) bond motifs is 1. The Morgan fingerprint density at radius 3 is 2.54 bits per heavy atom. The lowest BCUT2D eigenvalue weighted by Crippen LogP contribution is -2.27. The van der Waals surface area contributed by atoms with Gasteiger partial charge in [0.1, 0.15) is 11.6 Å². The monoisotopic (exact) mass is 546 g/mol. The topological polar surface area (TPSA) is 118 Å². The highest BCUT2D eigenvalue weighted by Crippen LogP contribution is 2.28. The van der Waals surface area contributed by atoms with Crippen LogP contribution in [0.15, 0.2) is 54.9 Å².